The van der Waals surface area contributed by atoms with Crippen molar-refractivity contribution < 1.29 is 14.0 Å². The molecule has 2 aromatic carbocycles. The normalized spacial score (nSPS) is 10.8. The highest BCUT2D eigenvalue weighted by Gasteiger charge is 2.11. The van der Waals surface area contributed by atoms with Crippen LogP contribution in [0.4, 0.5) is 5.69 Å². The number of hydrogen-bond acceptors (Lipinski definition) is 6. The van der Waals surface area contributed by atoms with Crippen molar-refractivity contribution in [1.82, 2.24) is 10.3 Å². The van der Waals surface area contributed by atoms with E-state index in [9.17, 15) is 9.59 Å². The molecule has 2 aromatic heterocycles. The summed E-state index contributed by atoms with van der Waals surface area (Å²) in [7, 11) is 0. The van der Waals surface area contributed by atoms with E-state index in [1.807, 2.05) is 47.8 Å². The number of nitrogens with zero attached hydrogens (tertiary/aromatic N) is 1. The van der Waals surface area contributed by atoms with Gasteiger partial charge in [0.05, 0.1) is 30.7 Å². The third kappa shape index (κ3) is 5.28. The Morgan fingerprint density at radius 2 is 1.90 bits per heavy atom. The molecule has 2 N–H and O–H groups in total. The van der Waals surface area contributed by atoms with E-state index >= 15 is 0 Å². The summed E-state index contributed by atoms with van der Waals surface area (Å²) in [5.41, 5.74) is 1.49. The van der Waals surface area contributed by atoms with E-state index in [1.54, 1.807) is 18.4 Å². The molecule has 0 saturated heterocycles. The van der Waals surface area contributed by atoms with Gasteiger partial charge in [-0.15, -0.1) is 11.3 Å². The fourth-order valence-corrected chi connectivity index (χ4v) is 4.55. The number of thioether (sulfide) groups is 1. The average Bonchev–Trinajstić information content (AvgIpc) is 3.43. The van der Waals surface area contributed by atoms with Crippen molar-refractivity contribution in [1.29, 1.82) is 0 Å². The number of aromatic nitrogens is 1. The molecule has 0 unspecified atom stereocenters. The van der Waals surface area contributed by atoms with E-state index in [1.165, 1.54) is 23.1 Å². The molecular weight excluding hydrogens is 418 g/mol. The van der Waals surface area contributed by atoms with Crippen molar-refractivity contribution in [2.75, 3.05) is 11.1 Å². The molecule has 0 aliphatic heterocycles. The smallest absolute Gasteiger partial charge is 0.234 e. The van der Waals surface area contributed by atoms with Gasteiger partial charge in [0.2, 0.25) is 11.8 Å². The zero-order chi connectivity index (χ0) is 20.8. The highest BCUT2D eigenvalue weighted by molar-refractivity contribution is 8.01. The van der Waals surface area contributed by atoms with Crippen LogP contribution < -0.4 is 10.6 Å². The molecule has 0 radical (unpaired) electrons. The summed E-state index contributed by atoms with van der Waals surface area (Å²) in [5.74, 6) is 0.738. The highest BCUT2D eigenvalue weighted by Crippen LogP contribution is 2.25. The number of fused-ring (bicyclic) bond motifs is 1. The fraction of sp³-hybridized carbons (Fsp3) is 0.136. The van der Waals surface area contributed by atoms with Gasteiger partial charge in [-0.3, -0.25) is 9.59 Å². The molecule has 0 fully saturated rings. The van der Waals surface area contributed by atoms with Crippen LogP contribution in [0.25, 0.3) is 10.8 Å². The average molecular weight is 438 g/mol. The molecule has 152 valence electrons. The lowest BCUT2D eigenvalue weighted by atomic mass is 10.1. The number of nitrogens with one attached hydrogen (secondary N) is 2. The van der Waals surface area contributed by atoms with Crippen LogP contribution in [-0.2, 0) is 22.6 Å². The predicted octanol–water partition coefficient (Wildman–Crippen LogP) is 4.48. The van der Waals surface area contributed by atoms with E-state index in [0.29, 0.717) is 18.0 Å². The van der Waals surface area contributed by atoms with Gasteiger partial charge in [-0.1, -0.05) is 48.2 Å². The molecule has 8 heteroatoms. The molecule has 2 heterocycles. The molecule has 0 saturated carbocycles. The number of anilines is 1. The van der Waals surface area contributed by atoms with Gasteiger partial charge in [0.15, 0.2) is 4.34 Å². The quantitative estimate of drug-likeness (QED) is 0.397. The minimum atomic E-state index is -0.123. The molecule has 6 nitrogen and oxygen atoms in total. The number of benzene rings is 2. The number of thiazole rings is 1. The lowest BCUT2D eigenvalue weighted by Gasteiger charge is -2.08. The molecule has 2 amide bonds. The van der Waals surface area contributed by atoms with Crippen molar-refractivity contribution in [2.45, 2.75) is 17.3 Å². The summed E-state index contributed by atoms with van der Waals surface area (Å²) >= 11 is 2.79. The first kappa shape index (κ1) is 20.2. The van der Waals surface area contributed by atoms with Crippen LogP contribution in [-0.4, -0.2) is 22.6 Å². The second kappa shape index (κ2) is 9.60. The zero-order valence-electron chi connectivity index (χ0n) is 16.0. The molecule has 0 spiro atoms. The van der Waals surface area contributed by atoms with Crippen molar-refractivity contribution >= 4 is 51.4 Å². The van der Waals surface area contributed by atoms with Crippen LogP contribution >= 0.6 is 23.1 Å². The third-order valence-electron chi connectivity index (χ3n) is 4.30. The first-order chi connectivity index (χ1) is 14.7. The Morgan fingerprint density at radius 1 is 1.03 bits per heavy atom. The Labute approximate surface area is 181 Å². The SMILES string of the molecule is O=C(Cc1csc(SCC(=O)Nc2cccc3ccccc23)n1)NCc1ccco1. The van der Waals surface area contributed by atoms with Crippen LogP contribution in [0.2, 0.25) is 0 Å². The molecule has 0 aliphatic carbocycles. The van der Waals surface area contributed by atoms with Gasteiger partial charge in [0.1, 0.15) is 5.76 Å². The summed E-state index contributed by atoms with van der Waals surface area (Å²) in [6.45, 7) is 0.353. The summed E-state index contributed by atoms with van der Waals surface area (Å²) in [6, 6.07) is 17.4. The Balaban J connectivity index is 1.26. The fourth-order valence-electron chi connectivity index (χ4n) is 2.91. The zero-order valence-corrected chi connectivity index (χ0v) is 17.6. The van der Waals surface area contributed by atoms with Crippen LogP contribution in [0.1, 0.15) is 11.5 Å². The number of furan rings is 1. The summed E-state index contributed by atoms with van der Waals surface area (Å²) in [4.78, 5) is 28.9. The van der Waals surface area contributed by atoms with E-state index in [4.69, 9.17) is 4.42 Å². The monoisotopic (exact) mass is 437 g/mol. The molecule has 0 atom stereocenters. The van der Waals surface area contributed by atoms with Crippen LogP contribution in [0.5, 0.6) is 0 Å². The topological polar surface area (TPSA) is 84.2 Å². The lowest BCUT2D eigenvalue weighted by molar-refractivity contribution is -0.120. The van der Waals surface area contributed by atoms with Gasteiger partial charge in [0, 0.05) is 16.5 Å². The van der Waals surface area contributed by atoms with E-state index in [0.717, 1.165) is 20.8 Å². The maximum absolute atomic E-state index is 12.4. The van der Waals surface area contributed by atoms with Gasteiger partial charge in [0.25, 0.3) is 0 Å². The lowest BCUT2D eigenvalue weighted by Crippen LogP contribution is -2.24. The Morgan fingerprint density at radius 3 is 2.77 bits per heavy atom. The number of carbonyl (C=O) groups is 2. The highest BCUT2D eigenvalue weighted by atomic mass is 32.2. The first-order valence-corrected chi connectivity index (χ1v) is 11.2. The van der Waals surface area contributed by atoms with Gasteiger partial charge >= 0.3 is 0 Å². The minimum Gasteiger partial charge on any atom is -0.467 e. The number of carbonyl (C=O) groups excluding carboxylic acids is 2. The summed E-state index contributed by atoms with van der Waals surface area (Å²) in [6.07, 6.45) is 1.77. The van der Waals surface area contributed by atoms with Gasteiger partial charge < -0.3 is 15.1 Å². The maximum atomic E-state index is 12.4. The summed E-state index contributed by atoms with van der Waals surface area (Å²) < 4.78 is 5.95. The second-order valence-corrected chi connectivity index (χ2v) is 8.58. The standard InChI is InChI=1S/C22H19N3O3S2/c26-20(23-12-17-7-4-10-28-17)11-16-13-29-22(24-16)30-14-21(27)25-19-9-3-6-15-5-1-2-8-18(15)19/h1-10,13H,11-12,14H2,(H,23,26)(H,25,27). The van der Waals surface area contributed by atoms with Crippen molar-refractivity contribution in [3.63, 3.8) is 0 Å². The molecule has 30 heavy (non-hydrogen) atoms. The predicted molar refractivity (Wildman–Crippen MR) is 120 cm³/mol. The number of amides is 2. The third-order valence-corrected chi connectivity index (χ3v) is 6.37. The Bertz CT molecular complexity index is 1150. The number of hydrogen-bond donors (Lipinski definition) is 2. The number of rotatable bonds is 8. The largest absolute Gasteiger partial charge is 0.467 e. The Kier molecular flexibility index (Phi) is 6.46. The van der Waals surface area contributed by atoms with Crippen molar-refractivity contribution in [2.24, 2.45) is 0 Å². The maximum Gasteiger partial charge on any atom is 0.234 e. The van der Waals surface area contributed by atoms with E-state index in [2.05, 4.69) is 15.6 Å². The molecule has 0 bridgehead atoms. The van der Waals surface area contributed by atoms with E-state index < -0.39 is 0 Å². The van der Waals surface area contributed by atoms with E-state index in [-0.39, 0.29) is 24.0 Å². The molecular formula is C22H19N3O3S2. The first-order valence-electron chi connectivity index (χ1n) is 9.31. The summed E-state index contributed by atoms with van der Waals surface area (Å²) in [5, 5.41) is 9.70. The van der Waals surface area contributed by atoms with Gasteiger partial charge in [-0.25, -0.2) is 4.98 Å². The molecule has 4 rings (SSSR count). The van der Waals surface area contributed by atoms with Crippen molar-refractivity contribution in [3.05, 3.63) is 77.7 Å². The Hall–Kier alpha value is -3.10. The molecule has 0 aliphatic rings. The van der Waals surface area contributed by atoms with Crippen LogP contribution in [0, 0.1) is 0 Å². The van der Waals surface area contributed by atoms with Crippen LogP contribution in [0.3, 0.4) is 0 Å². The second-order valence-electron chi connectivity index (χ2n) is 6.50. The van der Waals surface area contributed by atoms with Gasteiger partial charge in [-0.2, -0.15) is 0 Å². The van der Waals surface area contributed by atoms with Gasteiger partial charge in [-0.05, 0) is 23.6 Å². The van der Waals surface area contributed by atoms with Crippen LogP contribution in [0.15, 0.2) is 75.0 Å². The van der Waals surface area contributed by atoms with Crippen molar-refractivity contribution in [3.8, 4) is 0 Å². The minimum absolute atomic E-state index is 0.0932. The molecule has 4 aromatic rings.